The van der Waals surface area contributed by atoms with Gasteiger partial charge in [-0.25, -0.2) is 0 Å². The minimum Gasteiger partial charge on any atom is -0.361 e. The van der Waals surface area contributed by atoms with Crippen LogP contribution >= 0.6 is 11.8 Å². The minimum atomic E-state index is 0.465. The summed E-state index contributed by atoms with van der Waals surface area (Å²) in [6, 6.07) is 0.554. The largest absolute Gasteiger partial charge is 0.361 e. The number of aliphatic imine (C=N–C) groups is 1. The van der Waals surface area contributed by atoms with E-state index in [1.807, 2.05) is 0 Å². The number of aryl methyl sites for hydroxylation is 1. The van der Waals surface area contributed by atoms with Crippen molar-refractivity contribution in [1.82, 2.24) is 15.5 Å². The molecule has 1 aliphatic heterocycles. The lowest BCUT2D eigenvalue weighted by Gasteiger charge is -2.03. The van der Waals surface area contributed by atoms with Crippen molar-refractivity contribution in [1.29, 1.82) is 0 Å². The number of amidine groups is 1. The van der Waals surface area contributed by atoms with Crippen LogP contribution in [-0.2, 0) is 6.54 Å². The molecular formula is C9H14N4OS. The van der Waals surface area contributed by atoms with Crippen LogP contribution in [0.1, 0.15) is 25.1 Å². The molecule has 1 aromatic rings. The Morgan fingerprint density at radius 3 is 3.13 bits per heavy atom. The smallest absolute Gasteiger partial charge is 0.248 e. The van der Waals surface area contributed by atoms with Crippen LogP contribution in [0.25, 0.3) is 0 Å². The standard InChI is InChI=1S/C9H14N4OS/c1-3-7-5-15-9(12-7)10-4-8-11-6(2)13-14-8/h7H,3-5H2,1-2H3,(H,10,12). The normalized spacial score (nSPS) is 23.3. The van der Waals surface area contributed by atoms with Gasteiger partial charge in [-0.2, -0.15) is 4.98 Å². The molecule has 5 nitrogen and oxygen atoms in total. The summed E-state index contributed by atoms with van der Waals surface area (Å²) in [5.41, 5.74) is 0. The van der Waals surface area contributed by atoms with Crippen molar-refractivity contribution in [2.75, 3.05) is 5.75 Å². The first-order chi connectivity index (χ1) is 7.28. The Hall–Kier alpha value is -1.04. The van der Waals surface area contributed by atoms with E-state index in [0.717, 1.165) is 17.3 Å². The zero-order chi connectivity index (χ0) is 10.7. The van der Waals surface area contributed by atoms with Crippen molar-refractivity contribution in [3.8, 4) is 0 Å². The van der Waals surface area contributed by atoms with E-state index >= 15 is 0 Å². The summed E-state index contributed by atoms with van der Waals surface area (Å²) in [5.74, 6) is 2.32. The Morgan fingerprint density at radius 2 is 2.53 bits per heavy atom. The minimum absolute atomic E-state index is 0.465. The van der Waals surface area contributed by atoms with Crippen molar-refractivity contribution in [3.05, 3.63) is 11.7 Å². The Balaban J connectivity index is 1.89. The third kappa shape index (κ3) is 2.71. The highest BCUT2D eigenvalue weighted by Gasteiger charge is 2.18. The van der Waals surface area contributed by atoms with Gasteiger partial charge in [0.2, 0.25) is 5.89 Å². The number of thioether (sulfide) groups is 1. The number of hydrogen-bond donors (Lipinski definition) is 1. The van der Waals surface area contributed by atoms with Gasteiger partial charge in [0.25, 0.3) is 0 Å². The molecule has 1 saturated heterocycles. The maximum Gasteiger partial charge on any atom is 0.248 e. The average molecular weight is 226 g/mol. The number of nitrogens with one attached hydrogen (secondary N) is 1. The lowest BCUT2D eigenvalue weighted by atomic mass is 10.3. The molecule has 0 bridgehead atoms. The molecule has 82 valence electrons. The van der Waals surface area contributed by atoms with Crippen molar-refractivity contribution in [2.45, 2.75) is 32.9 Å². The third-order valence-electron chi connectivity index (χ3n) is 2.17. The Kier molecular flexibility index (Phi) is 3.25. The molecule has 0 radical (unpaired) electrons. The van der Waals surface area contributed by atoms with Crippen LogP contribution in [0.3, 0.4) is 0 Å². The Labute approximate surface area is 92.7 Å². The van der Waals surface area contributed by atoms with E-state index < -0.39 is 0 Å². The van der Waals surface area contributed by atoms with Gasteiger partial charge in [-0.15, -0.1) is 0 Å². The first-order valence-corrected chi connectivity index (χ1v) is 5.99. The molecule has 0 spiro atoms. The fourth-order valence-corrected chi connectivity index (χ4v) is 2.38. The van der Waals surface area contributed by atoms with Gasteiger partial charge in [0.15, 0.2) is 11.0 Å². The predicted molar refractivity (Wildman–Crippen MR) is 59.8 cm³/mol. The summed E-state index contributed by atoms with van der Waals surface area (Å²) in [6.07, 6.45) is 1.13. The van der Waals surface area contributed by atoms with E-state index in [0.29, 0.717) is 24.3 Å². The molecule has 1 unspecified atom stereocenters. The van der Waals surface area contributed by atoms with Crippen LogP contribution in [-0.4, -0.2) is 27.1 Å². The van der Waals surface area contributed by atoms with Gasteiger partial charge in [0.1, 0.15) is 6.54 Å². The van der Waals surface area contributed by atoms with Gasteiger partial charge in [-0.05, 0) is 13.3 Å². The van der Waals surface area contributed by atoms with Gasteiger partial charge in [-0.3, -0.25) is 4.99 Å². The Bertz CT molecular complexity index is 363. The quantitative estimate of drug-likeness (QED) is 0.842. The summed E-state index contributed by atoms with van der Waals surface area (Å²) in [4.78, 5) is 8.47. The molecule has 1 aromatic heterocycles. The van der Waals surface area contributed by atoms with Crippen molar-refractivity contribution < 1.29 is 4.52 Å². The first kappa shape index (κ1) is 10.5. The molecule has 6 heteroatoms. The number of hydrogen-bond acceptors (Lipinski definition) is 5. The zero-order valence-corrected chi connectivity index (χ0v) is 9.67. The maximum atomic E-state index is 4.97. The van der Waals surface area contributed by atoms with Crippen LogP contribution in [0, 0.1) is 6.92 Å². The highest BCUT2D eigenvalue weighted by Crippen LogP contribution is 2.16. The summed E-state index contributed by atoms with van der Waals surface area (Å²) >= 11 is 1.75. The van der Waals surface area contributed by atoms with Gasteiger partial charge >= 0.3 is 0 Å². The highest BCUT2D eigenvalue weighted by atomic mass is 32.2. The van der Waals surface area contributed by atoms with E-state index in [4.69, 9.17) is 4.52 Å². The molecule has 1 atom stereocenters. The zero-order valence-electron chi connectivity index (χ0n) is 8.86. The van der Waals surface area contributed by atoms with E-state index in [2.05, 4.69) is 27.4 Å². The molecule has 0 saturated carbocycles. The van der Waals surface area contributed by atoms with Gasteiger partial charge in [-0.1, -0.05) is 23.8 Å². The first-order valence-electron chi connectivity index (χ1n) is 5.01. The fourth-order valence-electron chi connectivity index (χ4n) is 1.29. The second-order valence-electron chi connectivity index (χ2n) is 3.42. The predicted octanol–water partition coefficient (Wildman–Crippen LogP) is 1.35. The van der Waals surface area contributed by atoms with Gasteiger partial charge < -0.3 is 9.84 Å². The lowest BCUT2D eigenvalue weighted by molar-refractivity contribution is 0.376. The van der Waals surface area contributed by atoms with Crippen molar-refractivity contribution >= 4 is 16.9 Å². The molecule has 0 amide bonds. The molecule has 1 fully saturated rings. The molecule has 2 rings (SSSR count). The second kappa shape index (κ2) is 4.65. The monoisotopic (exact) mass is 226 g/mol. The van der Waals surface area contributed by atoms with E-state index in [1.165, 1.54) is 0 Å². The number of rotatable bonds is 3. The molecular weight excluding hydrogens is 212 g/mol. The van der Waals surface area contributed by atoms with E-state index in [9.17, 15) is 0 Å². The molecule has 15 heavy (non-hydrogen) atoms. The summed E-state index contributed by atoms with van der Waals surface area (Å²) in [5, 5.41) is 8.04. The second-order valence-corrected chi connectivity index (χ2v) is 4.43. The number of nitrogens with zero attached hydrogens (tertiary/aromatic N) is 3. The lowest BCUT2D eigenvalue weighted by Crippen LogP contribution is -2.25. The summed E-state index contributed by atoms with van der Waals surface area (Å²) in [7, 11) is 0. The Morgan fingerprint density at radius 1 is 1.67 bits per heavy atom. The fraction of sp³-hybridized carbons (Fsp3) is 0.667. The van der Waals surface area contributed by atoms with E-state index in [1.54, 1.807) is 18.7 Å². The topological polar surface area (TPSA) is 63.3 Å². The van der Waals surface area contributed by atoms with Crippen LogP contribution in [0.15, 0.2) is 9.52 Å². The van der Waals surface area contributed by atoms with Crippen molar-refractivity contribution in [2.24, 2.45) is 4.99 Å². The highest BCUT2D eigenvalue weighted by molar-refractivity contribution is 8.14. The van der Waals surface area contributed by atoms with Crippen molar-refractivity contribution in [3.63, 3.8) is 0 Å². The molecule has 2 heterocycles. The average Bonchev–Trinajstić information content (AvgIpc) is 2.83. The van der Waals surface area contributed by atoms with Gasteiger partial charge in [0, 0.05) is 11.8 Å². The van der Waals surface area contributed by atoms with Crippen LogP contribution in [0.4, 0.5) is 0 Å². The van der Waals surface area contributed by atoms with Crippen LogP contribution in [0.2, 0.25) is 0 Å². The maximum absolute atomic E-state index is 4.97. The molecule has 0 aromatic carbocycles. The van der Waals surface area contributed by atoms with Gasteiger partial charge in [0.05, 0.1) is 0 Å². The third-order valence-corrected chi connectivity index (χ3v) is 3.26. The summed E-state index contributed by atoms with van der Waals surface area (Å²) in [6.45, 7) is 4.44. The van der Waals surface area contributed by atoms with Crippen LogP contribution in [0.5, 0.6) is 0 Å². The van der Waals surface area contributed by atoms with Crippen LogP contribution < -0.4 is 5.32 Å². The summed E-state index contributed by atoms with van der Waals surface area (Å²) < 4.78 is 4.97. The SMILES string of the molecule is CCC1CSC(=NCc2nc(C)no2)N1. The molecule has 1 aliphatic rings. The molecule has 0 aliphatic carbocycles. The number of aromatic nitrogens is 2. The van der Waals surface area contributed by atoms with E-state index in [-0.39, 0.29) is 0 Å². The molecule has 1 N–H and O–H groups in total.